The Morgan fingerprint density at radius 1 is 1.09 bits per heavy atom. The number of methoxy groups -OCH3 is 2. The zero-order chi connectivity index (χ0) is 23.7. The number of rotatable bonds is 7. The van der Waals surface area contributed by atoms with Gasteiger partial charge in [-0.2, -0.15) is 0 Å². The van der Waals surface area contributed by atoms with Crippen LogP contribution in [0.25, 0.3) is 22.0 Å². The smallest absolute Gasteiger partial charge is 0.308 e. The average Bonchev–Trinajstić information content (AvgIpc) is 3.13. The number of aromatic nitrogens is 2. The van der Waals surface area contributed by atoms with Crippen LogP contribution in [0.2, 0.25) is 0 Å². The second-order valence-electron chi connectivity index (χ2n) is 7.79. The third kappa shape index (κ3) is 4.19. The number of carboxylic acid groups (broad SMARTS) is 1. The van der Waals surface area contributed by atoms with Crippen molar-refractivity contribution in [3.8, 4) is 22.6 Å². The Kier molecular flexibility index (Phi) is 5.91. The summed E-state index contributed by atoms with van der Waals surface area (Å²) in [6.07, 6.45) is -0.371. The Morgan fingerprint density at radius 2 is 1.82 bits per heavy atom. The first-order valence-electron chi connectivity index (χ1n) is 10.3. The topological polar surface area (TPSA) is 104 Å². The number of carboxylic acids is 1. The number of nitrogens with zero attached hydrogens (tertiary/aromatic N) is 2. The van der Waals surface area contributed by atoms with Crippen LogP contribution in [-0.4, -0.2) is 35.0 Å². The first-order valence-corrected chi connectivity index (χ1v) is 10.3. The van der Waals surface area contributed by atoms with Crippen LogP contribution in [0.5, 0.6) is 11.5 Å². The largest absolute Gasteiger partial charge is 0.497 e. The average molecular weight is 448 g/mol. The summed E-state index contributed by atoms with van der Waals surface area (Å²) in [6.45, 7) is 3.93. The maximum Gasteiger partial charge on any atom is 0.308 e. The summed E-state index contributed by atoms with van der Waals surface area (Å²) >= 11 is 0. The zero-order valence-electron chi connectivity index (χ0n) is 18.8. The van der Waals surface area contributed by atoms with Crippen LogP contribution in [0.3, 0.4) is 0 Å². The van der Waals surface area contributed by atoms with Gasteiger partial charge in [-0.15, -0.1) is 0 Å². The molecule has 8 heteroatoms. The monoisotopic (exact) mass is 448 g/mol. The molecule has 0 saturated heterocycles. The lowest BCUT2D eigenvalue weighted by atomic mass is 9.99. The van der Waals surface area contributed by atoms with E-state index in [1.807, 2.05) is 44.2 Å². The Labute approximate surface area is 190 Å². The minimum Gasteiger partial charge on any atom is -0.497 e. The number of carbonyl (C=O) groups is 1. The number of aliphatic carboxylic acids is 1. The molecule has 0 atom stereocenters. The highest BCUT2D eigenvalue weighted by atomic mass is 16.5. The van der Waals surface area contributed by atoms with Gasteiger partial charge in [0.25, 0.3) is 5.56 Å². The molecule has 4 aromatic rings. The van der Waals surface area contributed by atoms with Crippen LogP contribution >= 0.6 is 0 Å². The van der Waals surface area contributed by atoms with Gasteiger partial charge in [0.1, 0.15) is 17.3 Å². The van der Waals surface area contributed by atoms with E-state index >= 15 is 0 Å². The van der Waals surface area contributed by atoms with E-state index in [9.17, 15) is 14.7 Å². The van der Waals surface area contributed by atoms with Crippen molar-refractivity contribution in [3.05, 3.63) is 75.4 Å². The predicted molar refractivity (Wildman–Crippen MR) is 123 cm³/mol. The van der Waals surface area contributed by atoms with Gasteiger partial charge in [0, 0.05) is 17.2 Å². The fourth-order valence-electron chi connectivity index (χ4n) is 4.06. The minimum atomic E-state index is -1.07. The molecule has 0 bridgehead atoms. The summed E-state index contributed by atoms with van der Waals surface area (Å²) in [7, 11) is 3.15. The van der Waals surface area contributed by atoms with Crippen molar-refractivity contribution in [2.24, 2.45) is 0 Å². The molecule has 0 aliphatic rings. The molecule has 4 rings (SSSR count). The number of aryl methyl sites for hydroxylation is 2. The summed E-state index contributed by atoms with van der Waals surface area (Å²) in [4.78, 5) is 24.7. The van der Waals surface area contributed by atoms with Crippen molar-refractivity contribution in [3.63, 3.8) is 0 Å². The maximum absolute atomic E-state index is 13.3. The second kappa shape index (κ2) is 8.82. The lowest BCUT2D eigenvalue weighted by Gasteiger charge is -2.16. The van der Waals surface area contributed by atoms with Crippen molar-refractivity contribution in [2.75, 3.05) is 14.2 Å². The zero-order valence-corrected chi connectivity index (χ0v) is 18.8. The Hall–Kier alpha value is -4.07. The van der Waals surface area contributed by atoms with Crippen molar-refractivity contribution < 1.29 is 23.9 Å². The van der Waals surface area contributed by atoms with E-state index in [1.54, 1.807) is 30.9 Å². The van der Waals surface area contributed by atoms with Crippen molar-refractivity contribution >= 4 is 16.9 Å². The van der Waals surface area contributed by atoms with Gasteiger partial charge in [0.2, 0.25) is 0 Å². The summed E-state index contributed by atoms with van der Waals surface area (Å²) in [6, 6.07) is 12.7. The van der Waals surface area contributed by atoms with Crippen LogP contribution in [0.1, 0.15) is 22.6 Å². The van der Waals surface area contributed by atoms with E-state index < -0.39 is 5.97 Å². The van der Waals surface area contributed by atoms with Gasteiger partial charge in [-0.1, -0.05) is 17.3 Å². The molecule has 0 aliphatic carbocycles. The van der Waals surface area contributed by atoms with E-state index in [2.05, 4.69) is 5.16 Å². The minimum absolute atomic E-state index is 0.207. The molecule has 2 aromatic carbocycles. The van der Waals surface area contributed by atoms with Gasteiger partial charge in [-0.3, -0.25) is 9.59 Å². The van der Waals surface area contributed by atoms with E-state index in [4.69, 9.17) is 14.0 Å². The number of pyridine rings is 1. The van der Waals surface area contributed by atoms with Gasteiger partial charge in [-0.05, 0) is 49.1 Å². The van der Waals surface area contributed by atoms with E-state index in [0.29, 0.717) is 28.5 Å². The highest BCUT2D eigenvalue weighted by molar-refractivity contribution is 5.90. The first-order chi connectivity index (χ1) is 15.8. The predicted octanol–water partition coefficient (Wildman–Crippen LogP) is 3.97. The summed E-state index contributed by atoms with van der Waals surface area (Å²) < 4.78 is 17.8. The van der Waals surface area contributed by atoms with Gasteiger partial charge in [0.15, 0.2) is 0 Å². The number of benzene rings is 2. The van der Waals surface area contributed by atoms with Crippen molar-refractivity contribution in [1.82, 2.24) is 9.72 Å². The van der Waals surface area contributed by atoms with Crippen LogP contribution < -0.4 is 15.0 Å². The van der Waals surface area contributed by atoms with Crippen molar-refractivity contribution in [2.45, 2.75) is 26.8 Å². The van der Waals surface area contributed by atoms with Crippen LogP contribution in [0.4, 0.5) is 0 Å². The number of fused-ring (bicyclic) bond motifs is 1. The van der Waals surface area contributed by atoms with E-state index in [-0.39, 0.29) is 24.1 Å². The highest BCUT2D eigenvalue weighted by Gasteiger charge is 2.20. The highest BCUT2D eigenvalue weighted by Crippen LogP contribution is 2.37. The van der Waals surface area contributed by atoms with E-state index in [0.717, 1.165) is 22.1 Å². The summed E-state index contributed by atoms with van der Waals surface area (Å²) in [5.41, 5.74) is 3.64. The SMILES string of the molecule is COc1ccc(Cn2c(=O)c(CC(=O)O)cc3cc(-c4c(C)noc4C)c(OC)cc32)cc1. The van der Waals surface area contributed by atoms with Gasteiger partial charge in [-0.25, -0.2) is 0 Å². The number of ether oxygens (including phenoxy) is 2. The number of hydrogen-bond donors (Lipinski definition) is 1. The summed E-state index contributed by atoms with van der Waals surface area (Å²) in [5, 5.41) is 14.1. The second-order valence-corrected chi connectivity index (χ2v) is 7.79. The molecule has 0 saturated carbocycles. The Morgan fingerprint density at radius 3 is 2.39 bits per heavy atom. The molecule has 170 valence electrons. The molecule has 0 spiro atoms. The molecule has 0 fully saturated rings. The summed E-state index contributed by atoms with van der Waals surface area (Å²) in [5.74, 6) is 0.844. The van der Waals surface area contributed by atoms with Gasteiger partial charge in [0.05, 0.1) is 44.0 Å². The molecule has 8 nitrogen and oxygen atoms in total. The number of hydrogen-bond acceptors (Lipinski definition) is 6. The molecule has 0 aliphatic heterocycles. The molecule has 0 amide bonds. The quantitative estimate of drug-likeness (QED) is 0.456. The lowest BCUT2D eigenvalue weighted by molar-refractivity contribution is -0.136. The molecular formula is C25H24N2O6. The molecule has 0 radical (unpaired) electrons. The Balaban J connectivity index is 1.97. The first kappa shape index (κ1) is 22.1. The van der Waals surface area contributed by atoms with Gasteiger partial charge >= 0.3 is 5.97 Å². The standard InChI is InChI=1S/C25H24N2O6/c1-14-24(15(2)33-26-14)20-10-17-9-18(11-23(28)29)25(30)27(21(17)12-22(20)32-4)13-16-5-7-19(31-3)8-6-16/h5-10,12H,11,13H2,1-4H3,(H,28,29). The van der Waals surface area contributed by atoms with Crippen LogP contribution in [-0.2, 0) is 17.8 Å². The van der Waals surface area contributed by atoms with Crippen LogP contribution in [0, 0.1) is 13.8 Å². The maximum atomic E-state index is 13.3. The van der Waals surface area contributed by atoms with Crippen molar-refractivity contribution in [1.29, 1.82) is 0 Å². The van der Waals surface area contributed by atoms with Gasteiger partial charge < -0.3 is 23.7 Å². The lowest BCUT2D eigenvalue weighted by Crippen LogP contribution is -2.26. The normalized spacial score (nSPS) is 11.0. The molecule has 1 N–H and O–H groups in total. The third-order valence-electron chi connectivity index (χ3n) is 5.63. The molecule has 33 heavy (non-hydrogen) atoms. The fraction of sp³-hybridized carbons (Fsp3) is 0.240. The fourth-order valence-corrected chi connectivity index (χ4v) is 4.06. The van der Waals surface area contributed by atoms with E-state index in [1.165, 1.54) is 0 Å². The Bertz CT molecular complexity index is 1380. The third-order valence-corrected chi connectivity index (χ3v) is 5.63. The molecule has 2 aromatic heterocycles. The molecule has 0 unspecified atom stereocenters. The molecular weight excluding hydrogens is 424 g/mol. The van der Waals surface area contributed by atoms with Crippen LogP contribution in [0.15, 0.2) is 51.8 Å². The molecule has 2 heterocycles.